The first kappa shape index (κ1) is 17.9. The lowest BCUT2D eigenvalue weighted by molar-refractivity contribution is -0.705. The molecule has 1 N–H and O–H groups in total. The lowest BCUT2D eigenvalue weighted by Crippen LogP contribution is -2.36. The third-order valence-corrected chi connectivity index (χ3v) is 4.55. The SMILES string of the molecule is CC(Sc1c([O-])on[n+]1-c1ccccc1)C(=O)Nc1ccc(F)c(F)c1. The van der Waals surface area contributed by atoms with Crippen molar-refractivity contribution in [2.24, 2.45) is 0 Å². The number of nitrogens with one attached hydrogen (secondary N) is 1. The summed E-state index contributed by atoms with van der Waals surface area (Å²) in [7, 11) is 0. The number of hydrogen-bond donors (Lipinski definition) is 1. The number of rotatable bonds is 5. The first-order chi connectivity index (χ1) is 12.5. The van der Waals surface area contributed by atoms with Gasteiger partial charge in [-0.05, 0) is 35.5 Å². The summed E-state index contributed by atoms with van der Waals surface area (Å²) < 4.78 is 32.2. The van der Waals surface area contributed by atoms with Gasteiger partial charge in [-0.15, -0.1) is 0 Å². The molecule has 0 saturated heterocycles. The highest BCUT2D eigenvalue weighted by Crippen LogP contribution is 2.28. The van der Waals surface area contributed by atoms with Crippen LogP contribution < -0.4 is 15.1 Å². The van der Waals surface area contributed by atoms with Crippen LogP contribution >= 0.6 is 11.8 Å². The molecule has 1 amide bonds. The summed E-state index contributed by atoms with van der Waals surface area (Å²) in [5.74, 6) is -3.23. The number of carbonyl (C=O) groups is 1. The van der Waals surface area contributed by atoms with Crippen molar-refractivity contribution in [3.8, 4) is 11.6 Å². The third kappa shape index (κ3) is 3.83. The Bertz CT molecular complexity index is 934. The Morgan fingerprint density at radius 3 is 2.65 bits per heavy atom. The van der Waals surface area contributed by atoms with Gasteiger partial charge >= 0.3 is 0 Å². The first-order valence-electron chi connectivity index (χ1n) is 7.52. The summed E-state index contributed by atoms with van der Waals surface area (Å²) >= 11 is 0.947. The number of para-hydroxylation sites is 1. The summed E-state index contributed by atoms with van der Waals surface area (Å²) in [5, 5.41) is 17.5. The van der Waals surface area contributed by atoms with Crippen LogP contribution in [-0.4, -0.2) is 16.4 Å². The van der Waals surface area contributed by atoms with Gasteiger partial charge in [0.25, 0.3) is 5.03 Å². The number of benzene rings is 2. The second kappa shape index (κ2) is 7.52. The van der Waals surface area contributed by atoms with Crippen molar-refractivity contribution >= 4 is 23.4 Å². The average Bonchev–Trinajstić information content (AvgIpc) is 2.99. The predicted molar refractivity (Wildman–Crippen MR) is 87.8 cm³/mol. The maximum absolute atomic E-state index is 13.2. The summed E-state index contributed by atoms with van der Waals surface area (Å²) in [5.41, 5.74) is 0.721. The molecule has 6 nitrogen and oxygen atoms in total. The molecule has 1 aromatic heterocycles. The molecule has 2 aromatic carbocycles. The molecule has 134 valence electrons. The van der Waals surface area contributed by atoms with Crippen molar-refractivity contribution in [1.82, 2.24) is 5.27 Å². The van der Waals surface area contributed by atoms with Crippen molar-refractivity contribution in [2.75, 3.05) is 5.32 Å². The molecule has 1 heterocycles. The number of thioether (sulfide) groups is 1. The molecule has 0 aliphatic rings. The highest BCUT2D eigenvalue weighted by atomic mass is 32.2. The van der Waals surface area contributed by atoms with E-state index in [1.54, 1.807) is 31.2 Å². The Hall–Kier alpha value is -2.94. The second-order valence-corrected chi connectivity index (χ2v) is 6.62. The largest absolute Gasteiger partial charge is 0.538 e. The number of aromatic nitrogens is 2. The van der Waals surface area contributed by atoms with E-state index in [0.717, 1.165) is 23.9 Å². The minimum Gasteiger partial charge on any atom is -0.538 e. The van der Waals surface area contributed by atoms with Crippen LogP contribution in [0.15, 0.2) is 58.1 Å². The van der Waals surface area contributed by atoms with Crippen molar-refractivity contribution in [3.05, 3.63) is 60.2 Å². The third-order valence-electron chi connectivity index (χ3n) is 3.42. The Morgan fingerprint density at radius 2 is 1.96 bits per heavy atom. The zero-order chi connectivity index (χ0) is 18.7. The van der Waals surface area contributed by atoms with E-state index in [1.807, 2.05) is 6.07 Å². The summed E-state index contributed by atoms with van der Waals surface area (Å²) in [6.45, 7) is 1.57. The molecule has 0 aliphatic carbocycles. The Kier molecular flexibility index (Phi) is 5.17. The van der Waals surface area contributed by atoms with Gasteiger partial charge in [0.15, 0.2) is 17.6 Å². The number of halogens is 2. The molecule has 0 fully saturated rings. The lowest BCUT2D eigenvalue weighted by atomic mass is 10.3. The molecule has 26 heavy (non-hydrogen) atoms. The maximum Gasteiger partial charge on any atom is 0.298 e. The fraction of sp³-hybridized carbons (Fsp3) is 0.118. The minimum atomic E-state index is -1.06. The fourth-order valence-electron chi connectivity index (χ4n) is 2.11. The number of amides is 1. The summed E-state index contributed by atoms with van der Waals surface area (Å²) in [4.78, 5) is 12.3. The Morgan fingerprint density at radius 1 is 1.23 bits per heavy atom. The van der Waals surface area contributed by atoms with Gasteiger partial charge in [0, 0.05) is 23.9 Å². The smallest absolute Gasteiger partial charge is 0.298 e. The van der Waals surface area contributed by atoms with E-state index < -0.39 is 28.7 Å². The quantitative estimate of drug-likeness (QED) is 0.546. The van der Waals surface area contributed by atoms with E-state index in [-0.39, 0.29) is 10.7 Å². The standard InChI is InChI=1S/C17H13F2N3O3S/c1-10(15(23)20-11-7-8-13(18)14(19)9-11)26-16-17(24)25-21-22(16)12-5-3-2-4-6-12/h2-10H,1H3,(H-,20,21,23,24). The van der Waals surface area contributed by atoms with Crippen LogP contribution in [0.5, 0.6) is 5.95 Å². The molecule has 3 aromatic rings. The second-order valence-electron chi connectivity index (χ2n) is 5.29. The van der Waals surface area contributed by atoms with Crippen LogP contribution in [0.25, 0.3) is 5.69 Å². The van der Waals surface area contributed by atoms with Crippen LogP contribution in [0.1, 0.15) is 6.92 Å². The van der Waals surface area contributed by atoms with E-state index in [1.165, 1.54) is 10.7 Å². The van der Waals surface area contributed by atoms with Crippen molar-refractivity contribution in [3.63, 3.8) is 0 Å². The van der Waals surface area contributed by atoms with Crippen LogP contribution in [0.4, 0.5) is 14.5 Å². The number of anilines is 1. The number of nitrogens with zero attached hydrogens (tertiary/aromatic N) is 2. The molecule has 0 bridgehead atoms. The van der Waals surface area contributed by atoms with Gasteiger partial charge in [-0.1, -0.05) is 18.2 Å². The zero-order valence-electron chi connectivity index (χ0n) is 13.5. The molecule has 9 heteroatoms. The first-order valence-corrected chi connectivity index (χ1v) is 8.40. The molecule has 1 atom stereocenters. The molecule has 0 spiro atoms. The van der Waals surface area contributed by atoms with Gasteiger partial charge in [-0.25, -0.2) is 8.78 Å². The van der Waals surface area contributed by atoms with Gasteiger partial charge < -0.3 is 14.9 Å². The Labute approximate surface area is 151 Å². The molecular weight excluding hydrogens is 364 g/mol. The maximum atomic E-state index is 13.2. The highest BCUT2D eigenvalue weighted by Gasteiger charge is 2.26. The van der Waals surface area contributed by atoms with Gasteiger partial charge in [-0.3, -0.25) is 4.79 Å². The average molecular weight is 377 g/mol. The van der Waals surface area contributed by atoms with Crippen LogP contribution in [0.2, 0.25) is 0 Å². The normalized spacial score (nSPS) is 12.0. The van der Waals surface area contributed by atoms with E-state index in [9.17, 15) is 18.7 Å². The van der Waals surface area contributed by atoms with E-state index in [2.05, 4.69) is 10.6 Å². The summed E-state index contributed by atoms with van der Waals surface area (Å²) in [6, 6.07) is 11.9. The minimum absolute atomic E-state index is 0.116. The van der Waals surface area contributed by atoms with Gasteiger partial charge in [0.2, 0.25) is 11.6 Å². The molecule has 1 unspecified atom stereocenters. The van der Waals surface area contributed by atoms with E-state index in [4.69, 9.17) is 4.52 Å². The van der Waals surface area contributed by atoms with Crippen molar-refractivity contribution in [2.45, 2.75) is 17.2 Å². The van der Waals surface area contributed by atoms with E-state index in [0.29, 0.717) is 5.69 Å². The Balaban J connectivity index is 1.75. The predicted octanol–water partition coefficient (Wildman–Crippen LogP) is 2.42. The summed E-state index contributed by atoms with van der Waals surface area (Å²) in [6.07, 6.45) is 0. The highest BCUT2D eigenvalue weighted by molar-refractivity contribution is 8.00. The van der Waals surface area contributed by atoms with E-state index >= 15 is 0 Å². The van der Waals surface area contributed by atoms with Gasteiger partial charge in [-0.2, -0.15) is 0 Å². The van der Waals surface area contributed by atoms with Crippen molar-refractivity contribution in [1.29, 1.82) is 0 Å². The van der Waals surface area contributed by atoms with Crippen molar-refractivity contribution < 1.29 is 27.9 Å². The molecule has 0 radical (unpaired) electrons. The molecule has 0 aliphatic heterocycles. The fourth-order valence-corrected chi connectivity index (χ4v) is 2.98. The van der Waals surface area contributed by atoms with Crippen LogP contribution in [-0.2, 0) is 4.79 Å². The van der Waals surface area contributed by atoms with Crippen LogP contribution in [0.3, 0.4) is 0 Å². The number of hydrogen-bond acceptors (Lipinski definition) is 5. The van der Waals surface area contributed by atoms with Gasteiger partial charge in [0.1, 0.15) is 0 Å². The van der Waals surface area contributed by atoms with Crippen LogP contribution in [0, 0.1) is 11.6 Å². The molecule has 0 saturated carbocycles. The zero-order valence-corrected chi connectivity index (χ0v) is 14.3. The molecule has 3 rings (SSSR count). The topological polar surface area (TPSA) is 82.1 Å². The van der Waals surface area contributed by atoms with Gasteiger partial charge in [0.05, 0.1) is 10.5 Å². The number of carbonyl (C=O) groups excluding carboxylic acids is 1. The molecular formula is C17H13F2N3O3S. The lowest BCUT2D eigenvalue weighted by Gasteiger charge is -2.10. The monoisotopic (exact) mass is 377 g/mol.